The summed E-state index contributed by atoms with van der Waals surface area (Å²) in [4.78, 5) is 30.1. The van der Waals surface area contributed by atoms with E-state index in [2.05, 4.69) is 59.0 Å². The van der Waals surface area contributed by atoms with E-state index in [0.717, 1.165) is 28.0 Å². The lowest BCUT2D eigenvalue weighted by Gasteiger charge is -2.38. The zero-order valence-electron chi connectivity index (χ0n) is 27.8. The highest BCUT2D eigenvalue weighted by Crippen LogP contribution is 2.52. The molecule has 6 nitrogen and oxygen atoms in total. The lowest BCUT2D eigenvalue weighted by Crippen LogP contribution is -2.52. The molecular formula is C38H47ClN2O4. The summed E-state index contributed by atoms with van der Waals surface area (Å²) in [6, 6.07) is 19.9. The number of methoxy groups -OCH3 is 1. The number of carboxylic acid groups (broad SMARTS) is 1. The quantitative estimate of drug-likeness (QED) is 0.280. The van der Waals surface area contributed by atoms with Crippen molar-refractivity contribution in [2.75, 3.05) is 7.11 Å². The molecule has 2 N–H and O–H groups in total. The van der Waals surface area contributed by atoms with Crippen molar-refractivity contribution in [2.24, 2.45) is 11.3 Å². The van der Waals surface area contributed by atoms with Crippen LogP contribution >= 0.6 is 11.6 Å². The summed E-state index contributed by atoms with van der Waals surface area (Å²) in [7, 11) is 1.67. The van der Waals surface area contributed by atoms with Crippen molar-refractivity contribution >= 4 is 23.5 Å². The number of hydrogen-bond acceptors (Lipinski definition) is 4. The van der Waals surface area contributed by atoms with E-state index >= 15 is 4.79 Å². The minimum atomic E-state index is -1.04. The number of aliphatic carboxylic acids is 1. The Hall–Kier alpha value is -3.35. The van der Waals surface area contributed by atoms with E-state index in [4.69, 9.17) is 16.3 Å². The summed E-state index contributed by atoms with van der Waals surface area (Å²) in [5.41, 5.74) is 3.55. The Labute approximate surface area is 273 Å². The number of halogens is 1. The Balaban J connectivity index is 1.65. The highest BCUT2D eigenvalue weighted by molar-refractivity contribution is 6.31. The minimum Gasteiger partial charge on any atom is -0.496 e. The van der Waals surface area contributed by atoms with Gasteiger partial charge in [0.15, 0.2) is 0 Å². The number of rotatable bonds is 7. The molecular weight excluding hydrogens is 584 g/mol. The Kier molecular flexibility index (Phi) is 8.89. The molecule has 240 valence electrons. The first-order valence-electron chi connectivity index (χ1n) is 15.9. The second-order valence-corrected chi connectivity index (χ2v) is 15.4. The summed E-state index contributed by atoms with van der Waals surface area (Å²) in [6.07, 6.45) is 1.25. The van der Waals surface area contributed by atoms with Crippen LogP contribution in [0.1, 0.15) is 88.7 Å². The molecule has 7 heteroatoms. The molecule has 1 fully saturated rings. The number of amides is 1. The number of nitrogens with one attached hydrogen (secondary N) is 1. The van der Waals surface area contributed by atoms with Gasteiger partial charge in [0.25, 0.3) is 0 Å². The lowest BCUT2D eigenvalue weighted by atomic mass is 9.72. The van der Waals surface area contributed by atoms with Crippen LogP contribution in [0, 0.1) is 11.3 Å². The maximum Gasteiger partial charge on any atom is 0.326 e. The van der Waals surface area contributed by atoms with Gasteiger partial charge in [-0.05, 0) is 65.0 Å². The van der Waals surface area contributed by atoms with Crippen molar-refractivity contribution in [3.05, 3.63) is 99.6 Å². The van der Waals surface area contributed by atoms with E-state index in [9.17, 15) is 9.90 Å². The Morgan fingerprint density at radius 1 is 1.02 bits per heavy atom. The Morgan fingerprint density at radius 3 is 2.31 bits per heavy atom. The van der Waals surface area contributed by atoms with E-state index in [1.165, 1.54) is 5.56 Å². The molecule has 5 rings (SSSR count). The second-order valence-electron chi connectivity index (χ2n) is 15.0. The molecule has 1 heterocycles. The van der Waals surface area contributed by atoms with Crippen molar-refractivity contribution in [1.29, 1.82) is 0 Å². The summed E-state index contributed by atoms with van der Waals surface area (Å²) in [5.74, 6) is -0.791. The van der Waals surface area contributed by atoms with Gasteiger partial charge >= 0.3 is 5.97 Å². The average Bonchev–Trinajstić information content (AvgIpc) is 3.52. The fourth-order valence-electron chi connectivity index (χ4n) is 7.66. The van der Waals surface area contributed by atoms with Crippen molar-refractivity contribution < 1.29 is 19.4 Å². The minimum absolute atomic E-state index is 0.0531. The standard InChI is InChI=1S/C38H47ClN2O4/c1-36(2,3)25-17-18-29(45-8)24(21-25)22-40-31-30(37(4,5)6)33(34(42)43)41(32(31)23-13-10-9-11-14-23)35(44)38(7)20-19-26-27(38)15-12-16-28(26)39/h9-18,21,30-33,40H,19-20,22H2,1-8H3,(H,42,43)/t30-,31-,32-,33-,38?/m0/s1. The summed E-state index contributed by atoms with van der Waals surface area (Å²) in [6.45, 7) is 15.2. The number of benzene rings is 3. The van der Waals surface area contributed by atoms with Gasteiger partial charge in [0.1, 0.15) is 11.8 Å². The van der Waals surface area contributed by atoms with Crippen LogP contribution < -0.4 is 10.1 Å². The average molecular weight is 631 g/mol. The third-order valence-corrected chi connectivity index (χ3v) is 10.4. The second kappa shape index (κ2) is 12.1. The molecule has 0 saturated carbocycles. The Bertz CT molecular complexity index is 1570. The molecule has 1 aliphatic carbocycles. The predicted molar refractivity (Wildman–Crippen MR) is 180 cm³/mol. The normalized spacial score (nSPS) is 24.9. The molecule has 0 radical (unpaired) electrons. The number of fused-ring (bicyclic) bond motifs is 1. The first-order chi connectivity index (χ1) is 21.1. The molecule has 2 aliphatic rings. The van der Waals surface area contributed by atoms with Gasteiger partial charge in [0.05, 0.1) is 18.6 Å². The number of carboxylic acids is 1. The van der Waals surface area contributed by atoms with Gasteiger partial charge in [0.2, 0.25) is 5.91 Å². The van der Waals surface area contributed by atoms with Crippen LogP contribution in [-0.4, -0.2) is 41.1 Å². The molecule has 5 atom stereocenters. The molecule has 3 aromatic rings. The van der Waals surface area contributed by atoms with E-state index in [0.29, 0.717) is 24.4 Å². The zero-order chi connectivity index (χ0) is 32.9. The first kappa shape index (κ1) is 33.0. The van der Waals surface area contributed by atoms with Crippen LogP contribution in [0.5, 0.6) is 5.75 Å². The number of hydrogen-bond donors (Lipinski definition) is 2. The van der Waals surface area contributed by atoms with Crippen molar-refractivity contribution in [2.45, 2.75) is 96.8 Å². The molecule has 45 heavy (non-hydrogen) atoms. The van der Waals surface area contributed by atoms with Crippen LogP contribution in [-0.2, 0) is 33.4 Å². The Morgan fingerprint density at radius 2 is 1.71 bits per heavy atom. The van der Waals surface area contributed by atoms with E-state index in [1.54, 1.807) is 12.0 Å². The maximum atomic E-state index is 15.1. The summed E-state index contributed by atoms with van der Waals surface area (Å²) < 4.78 is 5.77. The van der Waals surface area contributed by atoms with Crippen LogP contribution in [0.3, 0.4) is 0 Å². The highest BCUT2D eigenvalue weighted by Gasteiger charge is 2.60. The highest BCUT2D eigenvalue weighted by atomic mass is 35.5. The molecule has 1 aliphatic heterocycles. The maximum absolute atomic E-state index is 15.1. The van der Waals surface area contributed by atoms with E-state index < -0.39 is 34.8 Å². The molecule has 0 spiro atoms. The number of carbonyl (C=O) groups excluding carboxylic acids is 1. The van der Waals surface area contributed by atoms with Gasteiger partial charge in [-0.25, -0.2) is 4.79 Å². The van der Waals surface area contributed by atoms with Gasteiger partial charge in [0, 0.05) is 29.1 Å². The number of likely N-dealkylation sites (tertiary alicyclic amines) is 1. The van der Waals surface area contributed by atoms with Crippen LogP contribution in [0.4, 0.5) is 0 Å². The van der Waals surface area contributed by atoms with Gasteiger partial charge < -0.3 is 20.1 Å². The molecule has 1 saturated heterocycles. The molecule has 1 unspecified atom stereocenters. The fraction of sp³-hybridized carbons (Fsp3) is 0.474. The van der Waals surface area contributed by atoms with Crippen molar-refractivity contribution in [3.8, 4) is 5.75 Å². The topological polar surface area (TPSA) is 78.9 Å². The van der Waals surface area contributed by atoms with Crippen molar-refractivity contribution in [1.82, 2.24) is 10.2 Å². The number of carbonyl (C=O) groups is 2. The largest absolute Gasteiger partial charge is 0.496 e. The smallest absolute Gasteiger partial charge is 0.326 e. The number of ether oxygens (including phenoxy) is 1. The SMILES string of the molecule is COc1ccc(C(C)(C)C)cc1CN[C@H]1[C@H](C(C)(C)C)[C@@H](C(=O)O)N(C(=O)C2(C)CCc3c(Cl)cccc32)[C@H]1c1ccccc1. The fourth-order valence-corrected chi connectivity index (χ4v) is 7.93. The van der Waals surface area contributed by atoms with Crippen LogP contribution in [0.15, 0.2) is 66.7 Å². The molecule has 0 aromatic heterocycles. The lowest BCUT2D eigenvalue weighted by molar-refractivity contribution is -0.154. The first-order valence-corrected chi connectivity index (χ1v) is 16.3. The predicted octanol–water partition coefficient (Wildman–Crippen LogP) is 7.71. The summed E-state index contributed by atoms with van der Waals surface area (Å²) in [5, 5.41) is 15.4. The zero-order valence-corrected chi connectivity index (χ0v) is 28.5. The third-order valence-electron chi connectivity index (χ3n) is 10.0. The number of nitrogens with zero attached hydrogens (tertiary/aromatic N) is 1. The van der Waals surface area contributed by atoms with Gasteiger partial charge in [-0.3, -0.25) is 4.79 Å². The van der Waals surface area contributed by atoms with E-state index in [1.807, 2.05) is 61.5 Å². The molecule has 3 aromatic carbocycles. The summed E-state index contributed by atoms with van der Waals surface area (Å²) >= 11 is 6.60. The van der Waals surface area contributed by atoms with Gasteiger partial charge in [-0.2, -0.15) is 0 Å². The van der Waals surface area contributed by atoms with Gasteiger partial charge in [-0.15, -0.1) is 0 Å². The van der Waals surface area contributed by atoms with Gasteiger partial charge in [-0.1, -0.05) is 108 Å². The molecule has 0 bridgehead atoms. The molecule has 1 amide bonds. The third kappa shape index (κ3) is 5.99. The van der Waals surface area contributed by atoms with Crippen LogP contribution in [0.25, 0.3) is 0 Å². The van der Waals surface area contributed by atoms with E-state index in [-0.39, 0.29) is 17.4 Å². The van der Waals surface area contributed by atoms with Crippen molar-refractivity contribution in [3.63, 3.8) is 0 Å². The monoisotopic (exact) mass is 630 g/mol. The van der Waals surface area contributed by atoms with Crippen LogP contribution in [0.2, 0.25) is 5.02 Å².